The van der Waals surface area contributed by atoms with Crippen LogP contribution in [0.5, 0.6) is 0 Å². The molecule has 6 heteroatoms. The molecule has 6 nitrogen and oxygen atoms in total. The van der Waals surface area contributed by atoms with Gasteiger partial charge in [-0.3, -0.25) is 19.7 Å². The van der Waals surface area contributed by atoms with Gasteiger partial charge in [-0.1, -0.05) is 12.1 Å². The summed E-state index contributed by atoms with van der Waals surface area (Å²) < 4.78 is 5.86. The van der Waals surface area contributed by atoms with Crippen LogP contribution in [-0.4, -0.2) is 35.3 Å². The molecule has 1 aromatic rings. The highest BCUT2D eigenvalue weighted by atomic mass is 16.5. The first-order valence-electron chi connectivity index (χ1n) is 8.98. The van der Waals surface area contributed by atoms with Gasteiger partial charge in [0, 0.05) is 18.6 Å². The largest absolute Gasteiger partial charge is 0.374 e. The molecule has 3 heterocycles. The van der Waals surface area contributed by atoms with Gasteiger partial charge in [-0.05, 0) is 49.8 Å². The van der Waals surface area contributed by atoms with Crippen LogP contribution in [0.4, 0.5) is 0 Å². The SMILES string of the molecule is C[C@@H]1c2cc([C@@H]3CCCCO3)ccc2C(=O)N1[C@H]1CCC(=O)NC1=O. The number of fused-ring (bicyclic) bond motifs is 1. The highest BCUT2D eigenvalue weighted by molar-refractivity contribution is 6.05. The lowest BCUT2D eigenvalue weighted by Gasteiger charge is -2.33. The van der Waals surface area contributed by atoms with Gasteiger partial charge in [0.25, 0.3) is 5.91 Å². The van der Waals surface area contributed by atoms with Crippen molar-refractivity contribution in [2.24, 2.45) is 0 Å². The second-order valence-electron chi connectivity index (χ2n) is 7.06. The number of rotatable bonds is 2. The first-order chi connectivity index (χ1) is 12.1. The Morgan fingerprint density at radius 3 is 2.72 bits per heavy atom. The summed E-state index contributed by atoms with van der Waals surface area (Å²) in [5.41, 5.74) is 2.70. The summed E-state index contributed by atoms with van der Waals surface area (Å²) >= 11 is 0. The van der Waals surface area contributed by atoms with E-state index in [0.29, 0.717) is 12.0 Å². The molecule has 0 saturated carbocycles. The summed E-state index contributed by atoms with van der Waals surface area (Å²) in [6, 6.07) is 5.11. The second kappa shape index (κ2) is 6.26. The zero-order chi connectivity index (χ0) is 17.6. The lowest BCUT2D eigenvalue weighted by Crippen LogP contribution is -2.53. The van der Waals surface area contributed by atoms with Crippen molar-refractivity contribution in [1.29, 1.82) is 0 Å². The van der Waals surface area contributed by atoms with Gasteiger partial charge in [0.2, 0.25) is 11.8 Å². The van der Waals surface area contributed by atoms with Crippen LogP contribution in [0.1, 0.15) is 72.7 Å². The molecular formula is C19H22N2O4. The van der Waals surface area contributed by atoms with E-state index in [1.54, 1.807) is 4.90 Å². The number of amides is 3. The van der Waals surface area contributed by atoms with Crippen LogP contribution in [0.25, 0.3) is 0 Å². The van der Waals surface area contributed by atoms with Crippen LogP contribution in [0.15, 0.2) is 18.2 Å². The summed E-state index contributed by atoms with van der Waals surface area (Å²) in [5, 5.41) is 2.35. The highest BCUT2D eigenvalue weighted by Gasteiger charge is 2.43. The van der Waals surface area contributed by atoms with E-state index in [1.807, 2.05) is 19.1 Å². The molecule has 0 radical (unpaired) electrons. The molecule has 0 unspecified atom stereocenters. The summed E-state index contributed by atoms with van der Waals surface area (Å²) in [6.45, 7) is 2.72. The topological polar surface area (TPSA) is 75.7 Å². The molecule has 1 N–H and O–H groups in total. The van der Waals surface area contributed by atoms with Crippen LogP contribution in [-0.2, 0) is 14.3 Å². The predicted molar refractivity (Wildman–Crippen MR) is 89.7 cm³/mol. The lowest BCUT2D eigenvalue weighted by atomic mass is 9.96. The number of hydrogen-bond acceptors (Lipinski definition) is 4. The van der Waals surface area contributed by atoms with Gasteiger partial charge in [0.1, 0.15) is 6.04 Å². The minimum absolute atomic E-state index is 0.0889. The number of carbonyl (C=O) groups is 3. The molecule has 132 valence electrons. The molecule has 2 saturated heterocycles. The molecule has 1 aromatic carbocycles. The normalized spacial score (nSPS) is 29.6. The Morgan fingerprint density at radius 2 is 2.00 bits per heavy atom. The third-order valence-corrected chi connectivity index (χ3v) is 5.51. The summed E-state index contributed by atoms with van der Waals surface area (Å²) in [7, 11) is 0. The predicted octanol–water partition coefficient (Wildman–Crippen LogP) is 2.25. The molecule has 4 rings (SSSR count). The van der Waals surface area contributed by atoms with Gasteiger partial charge in [0.05, 0.1) is 12.1 Å². The highest BCUT2D eigenvalue weighted by Crippen LogP contribution is 2.39. The zero-order valence-electron chi connectivity index (χ0n) is 14.3. The molecule has 25 heavy (non-hydrogen) atoms. The van der Waals surface area contributed by atoms with Crippen LogP contribution in [0.3, 0.4) is 0 Å². The van der Waals surface area contributed by atoms with Crippen molar-refractivity contribution in [3.63, 3.8) is 0 Å². The molecule has 3 amide bonds. The van der Waals surface area contributed by atoms with Crippen molar-refractivity contribution in [3.8, 4) is 0 Å². The third kappa shape index (κ3) is 2.74. The van der Waals surface area contributed by atoms with E-state index in [0.717, 1.165) is 37.0 Å². The Hall–Kier alpha value is -2.21. The molecule has 2 fully saturated rings. The van der Waals surface area contributed by atoms with Crippen LogP contribution in [0, 0.1) is 0 Å². The van der Waals surface area contributed by atoms with Gasteiger partial charge in [-0.15, -0.1) is 0 Å². The number of carbonyl (C=O) groups excluding carboxylic acids is 3. The van der Waals surface area contributed by atoms with E-state index < -0.39 is 6.04 Å². The van der Waals surface area contributed by atoms with Crippen molar-refractivity contribution in [2.45, 2.75) is 57.2 Å². The Kier molecular flexibility index (Phi) is 4.07. The number of ether oxygens (including phenoxy) is 1. The van der Waals surface area contributed by atoms with E-state index in [-0.39, 0.29) is 36.3 Å². The molecule has 3 aliphatic heterocycles. The molecule has 0 spiro atoms. The number of nitrogens with one attached hydrogen (secondary N) is 1. The minimum atomic E-state index is -0.581. The van der Waals surface area contributed by atoms with Gasteiger partial charge in [0.15, 0.2) is 0 Å². The molecule has 3 atom stereocenters. The van der Waals surface area contributed by atoms with E-state index >= 15 is 0 Å². The molecule has 0 aliphatic carbocycles. The Morgan fingerprint density at radius 1 is 1.16 bits per heavy atom. The Labute approximate surface area is 146 Å². The standard InChI is InChI=1S/C19H22N2O4/c1-11-14-10-12(16-4-2-3-9-25-16)5-6-13(14)19(24)21(11)15-7-8-17(22)20-18(15)23/h5-6,10-11,15-16H,2-4,7-9H2,1H3,(H,20,22,23)/t11-,15+,16+/m1/s1. The van der Waals surface area contributed by atoms with Crippen molar-refractivity contribution in [3.05, 3.63) is 34.9 Å². The van der Waals surface area contributed by atoms with Crippen molar-refractivity contribution < 1.29 is 19.1 Å². The van der Waals surface area contributed by atoms with E-state index in [9.17, 15) is 14.4 Å². The monoisotopic (exact) mass is 342 g/mol. The van der Waals surface area contributed by atoms with Crippen molar-refractivity contribution in [1.82, 2.24) is 10.2 Å². The number of piperidine rings is 1. The first kappa shape index (κ1) is 16.3. The van der Waals surface area contributed by atoms with E-state index in [1.165, 1.54) is 0 Å². The second-order valence-corrected chi connectivity index (χ2v) is 7.06. The van der Waals surface area contributed by atoms with Crippen LogP contribution < -0.4 is 5.32 Å². The fourth-order valence-electron chi connectivity index (χ4n) is 4.15. The average molecular weight is 342 g/mol. The lowest BCUT2D eigenvalue weighted by molar-refractivity contribution is -0.137. The molecule has 0 aromatic heterocycles. The molecular weight excluding hydrogens is 320 g/mol. The van der Waals surface area contributed by atoms with Gasteiger partial charge in [-0.25, -0.2) is 0 Å². The number of hydrogen-bond donors (Lipinski definition) is 1. The maximum Gasteiger partial charge on any atom is 0.255 e. The van der Waals surface area contributed by atoms with Crippen molar-refractivity contribution in [2.75, 3.05) is 6.61 Å². The quantitative estimate of drug-likeness (QED) is 0.837. The molecule has 0 bridgehead atoms. The maximum absolute atomic E-state index is 12.9. The summed E-state index contributed by atoms with van der Waals surface area (Å²) in [6.07, 6.45) is 3.99. The summed E-state index contributed by atoms with van der Waals surface area (Å²) in [4.78, 5) is 38.1. The minimum Gasteiger partial charge on any atom is -0.374 e. The van der Waals surface area contributed by atoms with E-state index in [4.69, 9.17) is 4.74 Å². The Balaban J connectivity index is 1.62. The molecule has 3 aliphatic rings. The number of imide groups is 1. The maximum atomic E-state index is 12.9. The van der Waals surface area contributed by atoms with Gasteiger partial charge in [-0.2, -0.15) is 0 Å². The summed E-state index contributed by atoms with van der Waals surface area (Å²) in [5.74, 6) is -0.775. The van der Waals surface area contributed by atoms with Crippen LogP contribution in [0.2, 0.25) is 0 Å². The number of nitrogens with zero attached hydrogens (tertiary/aromatic N) is 1. The average Bonchev–Trinajstić information content (AvgIpc) is 2.87. The van der Waals surface area contributed by atoms with Gasteiger partial charge < -0.3 is 9.64 Å². The smallest absolute Gasteiger partial charge is 0.255 e. The van der Waals surface area contributed by atoms with Crippen molar-refractivity contribution >= 4 is 17.7 Å². The first-order valence-corrected chi connectivity index (χ1v) is 8.98. The third-order valence-electron chi connectivity index (χ3n) is 5.51. The van der Waals surface area contributed by atoms with Crippen LogP contribution >= 0.6 is 0 Å². The van der Waals surface area contributed by atoms with Gasteiger partial charge >= 0.3 is 0 Å². The fourth-order valence-corrected chi connectivity index (χ4v) is 4.15. The Bertz CT molecular complexity index is 739. The zero-order valence-corrected chi connectivity index (χ0v) is 14.3. The number of benzene rings is 1. The fraction of sp³-hybridized carbons (Fsp3) is 0.526. The van der Waals surface area contributed by atoms with E-state index in [2.05, 4.69) is 11.4 Å².